The Bertz CT molecular complexity index is 1210. The Kier molecular flexibility index (Phi) is 5.84. The van der Waals surface area contributed by atoms with Crippen molar-refractivity contribution in [2.24, 2.45) is 0 Å². The zero-order valence-electron chi connectivity index (χ0n) is 16.6. The van der Waals surface area contributed by atoms with Crippen LogP contribution >= 0.6 is 19.2 Å². The molecule has 4 rings (SSSR count). The monoisotopic (exact) mass is 458 g/mol. The van der Waals surface area contributed by atoms with E-state index in [1.807, 2.05) is 47.8 Å². The van der Waals surface area contributed by atoms with Crippen LogP contribution < -0.4 is 14.0 Å². The molecule has 3 N–H and O–H groups in total. The number of benzene rings is 2. The summed E-state index contributed by atoms with van der Waals surface area (Å²) in [6, 6.07) is 16.9. The van der Waals surface area contributed by atoms with Crippen LogP contribution in [-0.2, 0) is 4.57 Å². The lowest BCUT2D eigenvalue weighted by atomic mass is 10.1. The van der Waals surface area contributed by atoms with Crippen molar-refractivity contribution in [1.82, 2.24) is 9.97 Å². The van der Waals surface area contributed by atoms with Crippen molar-refractivity contribution in [3.63, 3.8) is 0 Å². The maximum Gasteiger partial charge on any atom is 0.525 e. The van der Waals surface area contributed by atoms with Gasteiger partial charge in [-0.05, 0) is 23.6 Å². The number of imidazole rings is 1. The maximum absolute atomic E-state index is 11.4. The third-order valence-electron chi connectivity index (χ3n) is 4.46. The molecule has 0 aliphatic heterocycles. The summed E-state index contributed by atoms with van der Waals surface area (Å²) < 4.78 is 26.8. The first-order valence-electron chi connectivity index (χ1n) is 9.10. The Morgan fingerprint density at radius 1 is 0.968 bits per heavy atom. The van der Waals surface area contributed by atoms with Gasteiger partial charge in [-0.3, -0.25) is 9.79 Å². The molecule has 0 bridgehead atoms. The number of phosphoric ester groups is 1. The lowest BCUT2D eigenvalue weighted by Gasteiger charge is -2.15. The molecule has 4 aromatic rings. The molecule has 0 spiro atoms. The van der Waals surface area contributed by atoms with Crippen LogP contribution in [0.4, 0.5) is 0 Å². The third kappa shape index (κ3) is 4.50. The summed E-state index contributed by atoms with van der Waals surface area (Å²) in [7, 11) is -2.06. The molecule has 0 aliphatic carbocycles. The average molecular weight is 458 g/mol. The van der Waals surface area contributed by atoms with Gasteiger partial charge >= 0.3 is 7.82 Å². The molecule has 0 saturated carbocycles. The minimum Gasteiger partial charge on any atom is -0.493 e. The second-order valence-electron chi connectivity index (χ2n) is 6.44. The van der Waals surface area contributed by atoms with Crippen LogP contribution in [0.1, 0.15) is 0 Å². The van der Waals surface area contributed by atoms with E-state index < -0.39 is 7.82 Å². The van der Waals surface area contributed by atoms with Gasteiger partial charge in [-0.1, -0.05) is 36.4 Å². The summed E-state index contributed by atoms with van der Waals surface area (Å²) in [5.41, 5.74) is 3.21. The van der Waals surface area contributed by atoms with Crippen molar-refractivity contribution in [2.75, 3.05) is 14.2 Å². The number of phosphoric acid groups is 1. The van der Waals surface area contributed by atoms with E-state index in [4.69, 9.17) is 19.0 Å². The first kappa shape index (κ1) is 21.1. The maximum atomic E-state index is 11.4. The third-order valence-corrected chi connectivity index (χ3v) is 5.77. The fourth-order valence-electron chi connectivity index (χ4n) is 3.14. The van der Waals surface area contributed by atoms with Gasteiger partial charge in [0.1, 0.15) is 5.82 Å². The molecule has 0 atom stereocenters. The van der Waals surface area contributed by atoms with E-state index in [-0.39, 0.29) is 17.2 Å². The van der Waals surface area contributed by atoms with Crippen molar-refractivity contribution < 1.29 is 28.3 Å². The molecule has 31 heavy (non-hydrogen) atoms. The highest BCUT2D eigenvalue weighted by Crippen LogP contribution is 2.49. The van der Waals surface area contributed by atoms with E-state index in [1.165, 1.54) is 14.2 Å². The molecule has 10 heteroatoms. The average Bonchev–Trinajstić information content (AvgIpc) is 3.43. The predicted octanol–water partition coefficient (Wildman–Crippen LogP) is 4.96. The standard InChI is InChI=1S/C21H19N2O6PS/c1-27-15-11-14(12-16(28-2)20(15)29-30(24,25)26)21-22-18(13-7-4-3-5-8-13)19(23-21)17-9-6-10-31-17/h3-12H,1-2H3,(H,22,23)(H2,24,25,26). The largest absolute Gasteiger partial charge is 0.525 e. The summed E-state index contributed by atoms with van der Waals surface area (Å²) in [6.07, 6.45) is 0. The van der Waals surface area contributed by atoms with E-state index in [0.29, 0.717) is 11.4 Å². The molecule has 2 aromatic carbocycles. The van der Waals surface area contributed by atoms with E-state index in [9.17, 15) is 14.4 Å². The van der Waals surface area contributed by atoms with E-state index in [1.54, 1.807) is 23.5 Å². The fraction of sp³-hybridized carbons (Fsp3) is 0.0952. The van der Waals surface area contributed by atoms with E-state index in [2.05, 4.69) is 4.98 Å². The second kappa shape index (κ2) is 8.56. The zero-order valence-corrected chi connectivity index (χ0v) is 18.3. The summed E-state index contributed by atoms with van der Waals surface area (Å²) in [6.45, 7) is 0. The molecular weight excluding hydrogens is 439 g/mol. The van der Waals surface area contributed by atoms with Crippen molar-refractivity contribution >= 4 is 19.2 Å². The first-order valence-corrected chi connectivity index (χ1v) is 11.5. The first-order chi connectivity index (χ1) is 14.9. The number of nitrogens with zero attached hydrogens (tertiary/aromatic N) is 1. The van der Waals surface area contributed by atoms with Gasteiger partial charge in [0.25, 0.3) is 0 Å². The van der Waals surface area contributed by atoms with Crippen LogP contribution in [0, 0.1) is 0 Å². The molecule has 0 aliphatic rings. The van der Waals surface area contributed by atoms with Crippen LogP contribution in [0.2, 0.25) is 0 Å². The highest BCUT2D eigenvalue weighted by molar-refractivity contribution is 7.46. The highest BCUT2D eigenvalue weighted by atomic mass is 32.1. The Hall–Kier alpha value is -3.10. The number of nitrogens with one attached hydrogen (secondary N) is 1. The van der Waals surface area contributed by atoms with Crippen molar-refractivity contribution in [3.05, 3.63) is 60.0 Å². The fourth-order valence-corrected chi connectivity index (χ4v) is 4.28. The SMILES string of the molecule is COc1cc(-c2nc(-c3ccccc3)c(-c3cccs3)[nH]2)cc(OC)c1OP(=O)(O)O. The van der Waals surface area contributed by atoms with Crippen molar-refractivity contribution in [3.8, 4) is 50.5 Å². The van der Waals surface area contributed by atoms with Crippen molar-refractivity contribution in [2.45, 2.75) is 0 Å². The Morgan fingerprint density at radius 2 is 1.65 bits per heavy atom. The zero-order chi connectivity index (χ0) is 22.0. The number of ether oxygens (including phenoxy) is 2. The molecule has 160 valence electrons. The summed E-state index contributed by atoms with van der Waals surface area (Å²) in [4.78, 5) is 27.7. The molecule has 0 unspecified atom stereocenters. The molecule has 0 amide bonds. The number of rotatable bonds is 7. The highest BCUT2D eigenvalue weighted by Gasteiger charge is 2.25. The summed E-state index contributed by atoms with van der Waals surface area (Å²) in [5.74, 6) is 0.568. The van der Waals surface area contributed by atoms with Crippen LogP contribution in [0.5, 0.6) is 17.2 Å². The predicted molar refractivity (Wildman–Crippen MR) is 119 cm³/mol. The van der Waals surface area contributed by atoms with Crippen LogP contribution in [-0.4, -0.2) is 34.0 Å². The van der Waals surface area contributed by atoms with Gasteiger partial charge in [-0.2, -0.15) is 0 Å². The Labute approximate surface area is 182 Å². The molecule has 2 heterocycles. The lowest BCUT2D eigenvalue weighted by Crippen LogP contribution is -1.98. The normalized spacial score (nSPS) is 11.4. The van der Waals surface area contributed by atoms with Crippen LogP contribution in [0.3, 0.4) is 0 Å². The summed E-state index contributed by atoms with van der Waals surface area (Å²) >= 11 is 1.59. The van der Waals surface area contributed by atoms with Gasteiger partial charge in [-0.25, -0.2) is 9.55 Å². The number of thiophene rings is 1. The van der Waals surface area contributed by atoms with Gasteiger partial charge in [0, 0.05) is 11.1 Å². The lowest BCUT2D eigenvalue weighted by molar-refractivity contribution is 0.269. The quantitative estimate of drug-likeness (QED) is 0.335. The number of aromatic amines is 1. The number of aromatic nitrogens is 2. The number of H-pyrrole nitrogens is 1. The van der Waals surface area contributed by atoms with Crippen LogP contribution in [0.15, 0.2) is 60.0 Å². The minimum absolute atomic E-state index is 0.105. The molecule has 0 saturated heterocycles. The Morgan fingerprint density at radius 3 is 2.19 bits per heavy atom. The smallest absolute Gasteiger partial charge is 0.493 e. The number of methoxy groups -OCH3 is 2. The van der Waals surface area contributed by atoms with Crippen LogP contribution in [0.25, 0.3) is 33.2 Å². The van der Waals surface area contributed by atoms with E-state index >= 15 is 0 Å². The second-order valence-corrected chi connectivity index (χ2v) is 8.56. The van der Waals surface area contributed by atoms with Gasteiger partial charge < -0.3 is 19.0 Å². The minimum atomic E-state index is -4.81. The van der Waals surface area contributed by atoms with Crippen molar-refractivity contribution in [1.29, 1.82) is 0 Å². The molecule has 8 nitrogen and oxygen atoms in total. The molecule has 0 fully saturated rings. The van der Waals surface area contributed by atoms with Gasteiger partial charge in [0.05, 0.1) is 30.5 Å². The van der Waals surface area contributed by atoms with Gasteiger partial charge in [-0.15, -0.1) is 11.3 Å². The molecular formula is C21H19N2O6PS. The number of hydrogen-bond donors (Lipinski definition) is 3. The van der Waals surface area contributed by atoms with Gasteiger partial charge in [0.15, 0.2) is 11.5 Å². The summed E-state index contributed by atoms with van der Waals surface area (Å²) in [5, 5.41) is 1.99. The van der Waals surface area contributed by atoms with E-state index in [0.717, 1.165) is 21.8 Å². The van der Waals surface area contributed by atoms with Gasteiger partial charge in [0.2, 0.25) is 5.75 Å². The molecule has 0 radical (unpaired) electrons. The topological polar surface area (TPSA) is 114 Å². The Balaban J connectivity index is 1.88. The molecule has 2 aromatic heterocycles. The number of hydrogen-bond acceptors (Lipinski definition) is 6.